The number of rotatable bonds is 8. The lowest BCUT2D eigenvalue weighted by Crippen LogP contribution is -2.33. The van der Waals surface area contributed by atoms with Gasteiger partial charge in [0.05, 0.1) is 11.8 Å². The number of hydrogen-bond acceptors (Lipinski definition) is 3. The number of halogens is 1. The van der Waals surface area contributed by atoms with E-state index in [1.807, 2.05) is 82.3 Å². The van der Waals surface area contributed by atoms with Crippen LogP contribution in [0, 0.1) is 0 Å². The van der Waals surface area contributed by atoms with Crippen LogP contribution >= 0.6 is 15.9 Å². The highest BCUT2D eigenvalue weighted by molar-refractivity contribution is 9.10. The van der Waals surface area contributed by atoms with Crippen LogP contribution in [0.25, 0.3) is 0 Å². The Morgan fingerprint density at radius 2 is 1.77 bits per heavy atom. The Morgan fingerprint density at radius 3 is 2.30 bits per heavy atom. The molecule has 2 rings (SSSR count). The van der Waals surface area contributed by atoms with Gasteiger partial charge in [-0.1, -0.05) is 62.8 Å². The first-order chi connectivity index (χ1) is 14.1. The van der Waals surface area contributed by atoms with Gasteiger partial charge >= 0.3 is 6.09 Å². The van der Waals surface area contributed by atoms with Gasteiger partial charge in [0.2, 0.25) is 0 Å². The Bertz CT molecular complexity index is 851. The van der Waals surface area contributed by atoms with Gasteiger partial charge in [0.1, 0.15) is 16.1 Å². The van der Waals surface area contributed by atoms with Crippen molar-refractivity contribution in [1.82, 2.24) is 4.90 Å². The SMILES string of the molecule is CC(c1ccc(Br)cc1)N(CCCC(=N[S+]([O-])C(C)(C)C)c1ccccc1)C(=O)O. The maximum atomic E-state index is 12.6. The second kappa shape index (κ2) is 11.0. The maximum absolute atomic E-state index is 12.6. The highest BCUT2D eigenvalue weighted by atomic mass is 79.9. The van der Waals surface area contributed by atoms with Crippen LogP contribution in [-0.2, 0) is 11.4 Å². The summed E-state index contributed by atoms with van der Waals surface area (Å²) < 4.78 is 17.6. The molecular weight excluding hydrogens is 464 g/mol. The van der Waals surface area contributed by atoms with Crippen molar-refractivity contribution in [3.8, 4) is 0 Å². The molecule has 2 aromatic carbocycles. The van der Waals surface area contributed by atoms with Gasteiger partial charge in [-0.2, -0.15) is 0 Å². The number of hydrogen-bond donors (Lipinski definition) is 1. The average Bonchev–Trinajstić information content (AvgIpc) is 2.70. The van der Waals surface area contributed by atoms with E-state index in [1.54, 1.807) is 0 Å². The molecule has 0 spiro atoms. The van der Waals surface area contributed by atoms with Gasteiger partial charge in [-0.05, 0) is 58.2 Å². The largest absolute Gasteiger partial charge is 0.591 e. The third kappa shape index (κ3) is 7.15. The lowest BCUT2D eigenvalue weighted by Gasteiger charge is -2.27. The standard InChI is InChI=1S/C23H29BrN2O3S/c1-17(18-12-14-20(24)15-13-18)26(22(27)28)16-8-11-21(19-9-6-5-7-10-19)25-30(29)23(2,3)4/h5-7,9-10,12-15,17H,8,11,16H2,1-4H3,(H,27,28). The zero-order chi connectivity index (χ0) is 22.3. The fraction of sp³-hybridized carbons (Fsp3) is 0.391. The van der Waals surface area contributed by atoms with Crippen LogP contribution in [0.15, 0.2) is 63.5 Å². The van der Waals surface area contributed by atoms with E-state index < -0.39 is 22.2 Å². The predicted octanol–water partition coefficient (Wildman–Crippen LogP) is 6.22. The van der Waals surface area contributed by atoms with Gasteiger partial charge in [-0.25, -0.2) is 4.79 Å². The highest BCUT2D eigenvalue weighted by Crippen LogP contribution is 2.24. The topological polar surface area (TPSA) is 76.0 Å². The Balaban J connectivity index is 2.14. The van der Waals surface area contributed by atoms with E-state index in [0.29, 0.717) is 19.4 Å². The molecule has 0 aromatic heterocycles. The van der Waals surface area contributed by atoms with Gasteiger partial charge < -0.3 is 14.6 Å². The first-order valence-corrected chi connectivity index (χ1v) is 11.8. The van der Waals surface area contributed by atoms with Crippen LogP contribution < -0.4 is 0 Å². The molecule has 2 unspecified atom stereocenters. The van der Waals surface area contributed by atoms with Gasteiger partial charge in [0, 0.05) is 16.6 Å². The molecule has 0 aliphatic rings. The molecule has 0 saturated heterocycles. The van der Waals surface area contributed by atoms with Crippen molar-refractivity contribution in [1.29, 1.82) is 0 Å². The number of carbonyl (C=O) groups is 1. The summed E-state index contributed by atoms with van der Waals surface area (Å²) in [5, 5.41) is 9.73. The zero-order valence-electron chi connectivity index (χ0n) is 17.8. The summed E-state index contributed by atoms with van der Waals surface area (Å²) in [6.45, 7) is 7.92. The third-order valence-electron chi connectivity index (χ3n) is 4.70. The number of nitrogens with zero attached hydrogens (tertiary/aromatic N) is 2. The molecule has 30 heavy (non-hydrogen) atoms. The first-order valence-electron chi connectivity index (χ1n) is 9.89. The zero-order valence-corrected chi connectivity index (χ0v) is 20.2. The van der Waals surface area contributed by atoms with E-state index >= 15 is 0 Å². The average molecular weight is 493 g/mol. The summed E-state index contributed by atoms with van der Waals surface area (Å²) in [7, 11) is 0. The summed E-state index contributed by atoms with van der Waals surface area (Å²) in [5.41, 5.74) is 2.59. The van der Waals surface area contributed by atoms with E-state index in [-0.39, 0.29) is 6.04 Å². The maximum Gasteiger partial charge on any atom is 0.407 e. The molecular formula is C23H29BrN2O3S. The predicted molar refractivity (Wildman–Crippen MR) is 127 cm³/mol. The Labute approximate surface area is 190 Å². The molecule has 0 aliphatic carbocycles. The molecule has 162 valence electrons. The van der Waals surface area contributed by atoms with E-state index in [9.17, 15) is 14.5 Å². The quantitative estimate of drug-likeness (QED) is 0.350. The van der Waals surface area contributed by atoms with Crippen LogP contribution in [-0.4, -0.2) is 37.7 Å². The molecule has 0 radical (unpaired) electrons. The highest BCUT2D eigenvalue weighted by Gasteiger charge is 2.28. The monoisotopic (exact) mass is 492 g/mol. The van der Waals surface area contributed by atoms with Gasteiger partial charge in [0.15, 0.2) is 0 Å². The summed E-state index contributed by atoms with van der Waals surface area (Å²) >= 11 is 2.03. The Hall–Kier alpha value is -1.83. The minimum atomic E-state index is -1.38. The van der Waals surface area contributed by atoms with Gasteiger partial charge in [-0.3, -0.25) is 0 Å². The summed E-state index contributed by atoms with van der Waals surface area (Å²) in [5.74, 6) is 0. The summed E-state index contributed by atoms with van der Waals surface area (Å²) in [4.78, 5) is 13.3. The normalized spacial score (nSPS) is 14.3. The minimum Gasteiger partial charge on any atom is -0.591 e. The Kier molecular flexibility index (Phi) is 8.94. The summed E-state index contributed by atoms with van der Waals surface area (Å²) in [6, 6.07) is 17.1. The molecule has 2 atom stereocenters. The number of amides is 1. The molecule has 0 fully saturated rings. The Morgan fingerprint density at radius 1 is 1.17 bits per heavy atom. The van der Waals surface area contributed by atoms with E-state index in [1.165, 1.54) is 4.90 Å². The van der Waals surface area contributed by atoms with E-state index in [0.717, 1.165) is 21.3 Å². The second-order valence-corrected chi connectivity index (χ2v) is 10.9. The van der Waals surface area contributed by atoms with E-state index in [4.69, 9.17) is 0 Å². The van der Waals surface area contributed by atoms with Crippen molar-refractivity contribution in [2.45, 2.75) is 51.3 Å². The van der Waals surface area contributed by atoms with Crippen molar-refractivity contribution in [3.05, 3.63) is 70.2 Å². The van der Waals surface area contributed by atoms with E-state index in [2.05, 4.69) is 20.3 Å². The fourth-order valence-corrected chi connectivity index (χ4v) is 3.84. The van der Waals surface area contributed by atoms with Crippen molar-refractivity contribution in [2.24, 2.45) is 4.40 Å². The molecule has 2 aromatic rings. The molecule has 0 heterocycles. The molecule has 1 N–H and O–H groups in total. The van der Waals surface area contributed by atoms with Crippen LogP contribution in [0.4, 0.5) is 4.79 Å². The molecule has 1 amide bonds. The molecule has 5 nitrogen and oxygen atoms in total. The third-order valence-corrected chi connectivity index (χ3v) is 6.66. The first kappa shape index (κ1) is 24.4. The molecule has 0 saturated carbocycles. The van der Waals surface area contributed by atoms with Crippen molar-refractivity contribution < 1.29 is 14.5 Å². The lowest BCUT2D eigenvalue weighted by molar-refractivity contribution is 0.127. The number of carboxylic acid groups (broad SMARTS) is 1. The molecule has 0 aliphatic heterocycles. The van der Waals surface area contributed by atoms with Crippen LogP contribution in [0.3, 0.4) is 0 Å². The fourth-order valence-electron chi connectivity index (χ4n) is 2.90. The smallest absolute Gasteiger partial charge is 0.407 e. The van der Waals surface area contributed by atoms with Crippen molar-refractivity contribution >= 4 is 39.1 Å². The second-order valence-electron chi connectivity index (χ2n) is 8.07. The minimum absolute atomic E-state index is 0.267. The lowest BCUT2D eigenvalue weighted by atomic mass is 10.0. The summed E-state index contributed by atoms with van der Waals surface area (Å²) in [6.07, 6.45) is 0.173. The van der Waals surface area contributed by atoms with Gasteiger partial charge in [0.25, 0.3) is 0 Å². The van der Waals surface area contributed by atoms with Gasteiger partial charge in [-0.15, -0.1) is 0 Å². The molecule has 0 bridgehead atoms. The number of benzene rings is 2. The van der Waals surface area contributed by atoms with Crippen molar-refractivity contribution in [3.63, 3.8) is 0 Å². The van der Waals surface area contributed by atoms with Crippen LogP contribution in [0.5, 0.6) is 0 Å². The van der Waals surface area contributed by atoms with Crippen LogP contribution in [0.2, 0.25) is 0 Å². The molecule has 7 heteroatoms. The van der Waals surface area contributed by atoms with Crippen LogP contribution in [0.1, 0.15) is 57.7 Å². The van der Waals surface area contributed by atoms with Crippen molar-refractivity contribution in [2.75, 3.05) is 6.54 Å².